The summed E-state index contributed by atoms with van der Waals surface area (Å²) in [6, 6.07) is 8.99. The Hall–Kier alpha value is -3.95. The number of fused-ring (bicyclic) bond motifs is 1. The Morgan fingerprint density at radius 1 is 1.12 bits per heavy atom. The summed E-state index contributed by atoms with van der Waals surface area (Å²) >= 11 is 0. The summed E-state index contributed by atoms with van der Waals surface area (Å²) in [4.78, 5) is 53.4. The Morgan fingerprint density at radius 3 is 2.53 bits per heavy atom. The van der Waals surface area contributed by atoms with E-state index in [0.29, 0.717) is 24.1 Å². The molecule has 0 radical (unpaired) electrons. The summed E-state index contributed by atoms with van der Waals surface area (Å²) in [6.07, 6.45) is 1.09. The van der Waals surface area contributed by atoms with E-state index in [1.807, 2.05) is 44.2 Å². The van der Waals surface area contributed by atoms with Crippen LogP contribution in [0.25, 0.3) is 11.0 Å². The zero-order valence-electron chi connectivity index (χ0n) is 19.7. The van der Waals surface area contributed by atoms with Crippen LogP contribution in [0.3, 0.4) is 0 Å². The highest BCUT2D eigenvalue weighted by atomic mass is 16.2. The Morgan fingerprint density at radius 2 is 1.82 bits per heavy atom. The van der Waals surface area contributed by atoms with E-state index in [1.54, 1.807) is 18.7 Å². The molecule has 10 nitrogen and oxygen atoms in total. The number of aromatic amines is 1. The first kappa shape index (κ1) is 23.2. The highest BCUT2D eigenvalue weighted by molar-refractivity contribution is 6.07. The SMILES string of the molecule is Cc1nn(C)c2[nH]c(=O)c(CCC(=O)NN3C(=O)NC(C)(CCc4ccccc4)C3=O)c(C)c12. The van der Waals surface area contributed by atoms with Crippen LogP contribution in [0.4, 0.5) is 4.79 Å². The van der Waals surface area contributed by atoms with Crippen LogP contribution in [-0.4, -0.2) is 43.2 Å². The monoisotopic (exact) mass is 464 g/mol. The van der Waals surface area contributed by atoms with Crippen LogP contribution in [0.1, 0.15) is 42.1 Å². The normalized spacial score (nSPS) is 17.9. The van der Waals surface area contributed by atoms with Crippen molar-refractivity contribution in [1.29, 1.82) is 0 Å². The van der Waals surface area contributed by atoms with Crippen molar-refractivity contribution in [3.05, 3.63) is 63.1 Å². The largest absolute Gasteiger partial charge is 0.344 e. The molecule has 1 aromatic carbocycles. The Kier molecular flexibility index (Phi) is 5.99. The number of hydrogen-bond donors (Lipinski definition) is 3. The molecule has 178 valence electrons. The molecule has 1 unspecified atom stereocenters. The molecular formula is C24H28N6O4. The molecule has 1 aliphatic heterocycles. The predicted molar refractivity (Wildman–Crippen MR) is 126 cm³/mol. The van der Waals surface area contributed by atoms with E-state index in [2.05, 4.69) is 20.8 Å². The molecule has 1 fully saturated rings. The van der Waals surface area contributed by atoms with E-state index in [-0.39, 0.29) is 18.4 Å². The lowest BCUT2D eigenvalue weighted by molar-refractivity contribution is -0.138. The second-order valence-electron chi connectivity index (χ2n) is 8.91. The second-order valence-corrected chi connectivity index (χ2v) is 8.91. The van der Waals surface area contributed by atoms with Gasteiger partial charge >= 0.3 is 6.03 Å². The van der Waals surface area contributed by atoms with Gasteiger partial charge in [0, 0.05) is 24.4 Å². The standard InChI is InChI=1S/C24H28N6O4/c1-14-17(21(32)25-20-19(14)15(2)27-29(20)4)10-11-18(31)28-30-22(33)24(3,26-23(30)34)13-12-16-8-6-5-7-9-16/h5-9H,10-13H2,1-4H3,(H,25,32)(H,26,34)(H,28,31). The number of carbonyl (C=O) groups is 3. The van der Waals surface area contributed by atoms with Crippen molar-refractivity contribution in [2.75, 3.05) is 0 Å². The molecule has 1 saturated heterocycles. The minimum absolute atomic E-state index is 0.0630. The van der Waals surface area contributed by atoms with Gasteiger partial charge in [0.2, 0.25) is 5.91 Å². The van der Waals surface area contributed by atoms with Gasteiger partial charge in [0.1, 0.15) is 11.2 Å². The van der Waals surface area contributed by atoms with Crippen molar-refractivity contribution in [3.8, 4) is 0 Å². The summed E-state index contributed by atoms with van der Waals surface area (Å²) in [5.74, 6) is -1.04. The number of H-pyrrole nitrogens is 1. The summed E-state index contributed by atoms with van der Waals surface area (Å²) in [5, 5.41) is 8.61. The average molecular weight is 465 g/mol. The van der Waals surface area contributed by atoms with Crippen LogP contribution >= 0.6 is 0 Å². The number of aryl methyl sites for hydroxylation is 4. The first-order valence-corrected chi connectivity index (χ1v) is 11.2. The first-order valence-electron chi connectivity index (χ1n) is 11.2. The third-order valence-electron chi connectivity index (χ3n) is 6.41. The summed E-state index contributed by atoms with van der Waals surface area (Å²) in [7, 11) is 1.75. The van der Waals surface area contributed by atoms with Crippen molar-refractivity contribution in [3.63, 3.8) is 0 Å². The smallest absolute Gasteiger partial charge is 0.322 e. The van der Waals surface area contributed by atoms with Crippen LogP contribution in [-0.2, 0) is 29.5 Å². The Labute approximate surface area is 196 Å². The maximum absolute atomic E-state index is 12.9. The quantitative estimate of drug-likeness (QED) is 0.459. The van der Waals surface area contributed by atoms with Crippen LogP contribution in [0.2, 0.25) is 0 Å². The number of hydrogen-bond acceptors (Lipinski definition) is 5. The van der Waals surface area contributed by atoms with Gasteiger partial charge in [0.15, 0.2) is 0 Å². The number of pyridine rings is 1. The van der Waals surface area contributed by atoms with E-state index in [4.69, 9.17) is 0 Å². The van der Waals surface area contributed by atoms with Crippen molar-refractivity contribution >= 4 is 28.9 Å². The molecular weight excluding hydrogens is 436 g/mol. The zero-order chi connectivity index (χ0) is 24.6. The van der Waals surface area contributed by atoms with Crippen molar-refractivity contribution in [1.82, 2.24) is 30.5 Å². The lowest BCUT2D eigenvalue weighted by Crippen LogP contribution is -2.49. The van der Waals surface area contributed by atoms with E-state index in [9.17, 15) is 19.2 Å². The number of imide groups is 1. The molecule has 1 atom stereocenters. The van der Waals surface area contributed by atoms with E-state index in [0.717, 1.165) is 27.2 Å². The number of nitrogens with one attached hydrogen (secondary N) is 3. The van der Waals surface area contributed by atoms with E-state index < -0.39 is 23.4 Å². The van der Waals surface area contributed by atoms with Crippen LogP contribution < -0.4 is 16.3 Å². The maximum atomic E-state index is 12.9. The highest BCUT2D eigenvalue weighted by Gasteiger charge is 2.48. The average Bonchev–Trinajstić information content (AvgIpc) is 3.19. The first-order chi connectivity index (χ1) is 16.1. The molecule has 3 N–H and O–H groups in total. The molecule has 4 amide bonds. The highest BCUT2D eigenvalue weighted by Crippen LogP contribution is 2.23. The number of rotatable bonds is 7. The van der Waals surface area contributed by atoms with Gasteiger partial charge in [-0.05, 0) is 51.2 Å². The molecule has 0 aliphatic carbocycles. The van der Waals surface area contributed by atoms with Crippen molar-refractivity contribution in [2.24, 2.45) is 7.05 Å². The minimum atomic E-state index is -1.11. The van der Waals surface area contributed by atoms with Crippen molar-refractivity contribution < 1.29 is 14.4 Å². The van der Waals surface area contributed by atoms with Crippen LogP contribution in [0.15, 0.2) is 35.1 Å². The van der Waals surface area contributed by atoms with Gasteiger partial charge in [0.25, 0.3) is 11.5 Å². The molecule has 4 rings (SSSR count). The molecule has 3 heterocycles. The van der Waals surface area contributed by atoms with Gasteiger partial charge in [0.05, 0.1) is 5.69 Å². The lowest BCUT2D eigenvalue weighted by atomic mass is 9.93. The summed E-state index contributed by atoms with van der Waals surface area (Å²) < 4.78 is 1.61. The van der Waals surface area contributed by atoms with E-state index >= 15 is 0 Å². The summed E-state index contributed by atoms with van der Waals surface area (Å²) in [5.41, 5.74) is 4.70. The van der Waals surface area contributed by atoms with Gasteiger partial charge in [-0.15, -0.1) is 0 Å². The fourth-order valence-corrected chi connectivity index (χ4v) is 4.47. The number of benzene rings is 1. The van der Waals surface area contributed by atoms with E-state index in [1.165, 1.54) is 0 Å². The number of carbonyl (C=O) groups excluding carboxylic acids is 3. The number of amides is 4. The fourth-order valence-electron chi connectivity index (χ4n) is 4.47. The lowest BCUT2D eigenvalue weighted by Gasteiger charge is -2.21. The van der Waals surface area contributed by atoms with Gasteiger partial charge in [-0.3, -0.25) is 24.5 Å². The molecule has 3 aromatic rings. The molecule has 0 bridgehead atoms. The fraction of sp³-hybridized carbons (Fsp3) is 0.375. The minimum Gasteiger partial charge on any atom is -0.322 e. The maximum Gasteiger partial charge on any atom is 0.344 e. The summed E-state index contributed by atoms with van der Waals surface area (Å²) in [6.45, 7) is 5.34. The number of urea groups is 1. The Balaban J connectivity index is 1.41. The molecule has 1 aliphatic rings. The predicted octanol–water partition coefficient (Wildman–Crippen LogP) is 1.79. The van der Waals surface area contributed by atoms with Gasteiger partial charge < -0.3 is 10.3 Å². The number of nitrogens with zero attached hydrogens (tertiary/aromatic N) is 3. The van der Waals surface area contributed by atoms with Gasteiger partial charge in [-0.1, -0.05) is 30.3 Å². The third-order valence-corrected chi connectivity index (χ3v) is 6.41. The van der Waals surface area contributed by atoms with Gasteiger partial charge in [-0.2, -0.15) is 10.1 Å². The molecule has 0 spiro atoms. The molecule has 10 heteroatoms. The van der Waals surface area contributed by atoms with Crippen LogP contribution in [0.5, 0.6) is 0 Å². The molecule has 2 aromatic heterocycles. The van der Waals surface area contributed by atoms with Crippen LogP contribution in [0, 0.1) is 13.8 Å². The number of aromatic nitrogens is 3. The number of hydrazine groups is 1. The third kappa shape index (κ3) is 4.18. The van der Waals surface area contributed by atoms with Crippen molar-refractivity contribution in [2.45, 2.75) is 52.0 Å². The zero-order valence-corrected chi connectivity index (χ0v) is 19.7. The second kappa shape index (κ2) is 8.77. The molecule has 0 saturated carbocycles. The molecule has 34 heavy (non-hydrogen) atoms. The Bertz CT molecular complexity index is 1340. The van der Waals surface area contributed by atoms with Gasteiger partial charge in [-0.25, -0.2) is 4.79 Å². The topological polar surface area (TPSA) is 129 Å².